The van der Waals surface area contributed by atoms with Crippen molar-refractivity contribution in [3.8, 4) is 0 Å². The maximum absolute atomic E-state index is 11.2. The van der Waals surface area contributed by atoms with E-state index in [1.807, 2.05) is 44.4 Å². The second-order valence-corrected chi connectivity index (χ2v) is 3.85. The highest BCUT2D eigenvalue weighted by Gasteiger charge is 2.21. The van der Waals surface area contributed by atoms with Gasteiger partial charge in [0.15, 0.2) is 0 Å². The van der Waals surface area contributed by atoms with Gasteiger partial charge in [-0.2, -0.15) is 0 Å². The van der Waals surface area contributed by atoms with E-state index < -0.39 is 0 Å². The van der Waals surface area contributed by atoms with Gasteiger partial charge in [-0.1, -0.05) is 30.3 Å². The van der Waals surface area contributed by atoms with E-state index in [-0.39, 0.29) is 23.8 Å². The molecule has 0 atom stereocenters. The molecule has 1 rings (SSSR count). The van der Waals surface area contributed by atoms with Crippen molar-refractivity contribution in [1.82, 2.24) is 0 Å². The van der Waals surface area contributed by atoms with Crippen molar-refractivity contribution in [2.75, 3.05) is 14.1 Å². The Kier molecular flexibility index (Phi) is 7.23. The summed E-state index contributed by atoms with van der Waals surface area (Å²) in [6.07, 6.45) is 0. The lowest BCUT2D eigenvalue weighted by Gasteiger charge is -2.25. The monoisotopic (exact) mass is 231 g/mol. The Morgan fingerprint density at radius 1 is 1.20 bits per heavy atom. The molecule has 1 aromatic rings. The molecule has 0 spiro atoms. The third kappa shape index (κ3) is 4.93. The molecule has 0 aliphatic rings. The van der Waals surface area contributed by atoms with Crippen LogP contribution in [0.3, 0.4) is 0 Å². The fourth-order valence-corrected chi connectivity index (χ4v) is 1.15. The average molecular weight is 232 g/mol. The van der Waals surface area contributed by atoms with E-state index in [2.05, 4.69) is 0 Å². The van der Waals surface area contributed by atoms with E-state index in [9.17, 15) is 4.79 Å². The molecule has 3 nitrogen and oxygen atoms in total. The molecule has 0 aromatic heterocycles. The van der Waals surface area contributed by atoms with Crippen LogP contribution in [0.2, 0.25) is 0 Å². The van der Waals surface area contributed by atoms with Gasteiger partial charge in [-0.25, -0.2) is 4.79 Å². The third-order valence-corrected chi connectivity index (χ3v) is 2.27. The summed E-state index contributed by atoms with van der Waals surface area (Å²) in [4.78, 5) is 11.2. The molecule has 0 unspecified atom stereocenters. The van der Waals surface area contributed by atoms with Gasteiger partial charge in [0, 0.05) is 5.56 Å². The van der Waals surface area contributed by atoms with E-state index in [0.29, 0.717) is 4.48 Å². The summed E-state index contributed by atoms with van der Waals surface area (Å²) in [5.41, 5.74) is 1.20. The van der Waals surface area contributed by atoms with Gasteiger partial charge in [0.25, 0.3) is 0 Å². The smallest absolute Gasteiger partial charge is 0.310 e. The largest absolute Gasteiger partial charge is 1.00 e. The number of halogens is 1. The van der Waals surface area contributed by atoms with Crippen molar-refractivity contribution in [3.05, 3.63) is 35.9 Å². The molecule has 86 valence electrons. The fraction of sp³-hybridized carbons (Fsp3) is 0.364. The molecule has 1 amide bonds. The zero-order valence-electron chi connectivity index (χ0n) is 9.33. The molecule has 0 bridgehead atoms. The predicted molar refractivity (Wildman–Crippen MR) is 56.5 cm³/mol. The van der Waals surface area contributed by atoms with Gasteiger partial charge < -0.3 is 17.9 Å². The number of amides is 1. The first-order valence-corrected chi connectivity index (χ1v) is 4.40. The lowest BCUT2D eigenvalue weighted by Crippen LogP contribution is -3.00. The Morgan fingerprint density at radius 2 is 1.67 bits per heavy atom. The zero-order chi connectivity index (χ0) is 9.90. The van der Waals surface area contributed by atoms with Crippen LogP contribution >= 0.6 is 0 Å². The second kappa shape index (κ2) is 6.56. The first kappa shape index (κ1) is 16.5. The minimum Gasteiger partial charge on any atom is -1.00 e. The molecule has 2 N–H and O–H groups in total. The van der Waals surface area contributed by atoms with Gasteiger partial charge in [0.05, 0.1) is 21.0 Å². The molecule has 0 radical (unpaired) electrons. The molecule has 0 aliphatic carbocycles. The zero-order valence-corrected chi connectivity index (χ0v) is 10.1. The molecular formula is C11H18ClNO2. The molecule has 0 saturated heterocycles. The number of rotatable bonds is 2. The molecule has 0 saturated carbocycles. The highest BCUT2D eigenvalue weighted by atomic mass is 35.5. The van der Waals surface area contributed by atoms with Gasteiger partial charge in [0.2, 0.25) is 0 Å². The molecule has 15 heavy (non-hydrogen) atoms. The van der Waals surface area contributed by atoms with Crippen molar-refractivity contribution >= 4 is 5.91 Å². The van der Waals surface area contributed by atoms with E-state index in [1.54, 1.807) is 6.92 Å². The molecule has 0 heterocycles. The lowest BCUT2D eigenvalue weighted by molar-refractivity contribution is -0.827. The number of benzene rings is 1. The third-order valence-electron chi connectivity index (χ3n) is 2.27. The SMILES string of the molecule is CC(=O)[N+](C)(C)Cc1ccccc1.O.[Cl-]. The lowest BCUT2D eigenvalue weighted by atomic mass is 10.2. The summed E-state index contributed by atoms with van der Waals surface area (Å²) in [5.74, 6) is 0.184. The van der Waals surface area contributed by atoms with Crippen LogP contribution in [0.5, 0.6) is 0 Å². The van der Waals surface area contributed by atoms with Crippen molar-refractivity contribution < 1.29 is 27.2 Å². The molecule has 4 heteroatoms. The highest BCUT2D eigenvalue weighted by Crippen LogP contribution is 2.08. The van der Waals surface area contributed by atoms with Crippen LogP contribution in [0.4, 0.5) is 0 Å². The Hall–Kier alpha value is -0.900. The summed E-state index contributed by atoms with van der Waals surface area (Å²) in [6, 6.07) is 10.1. The molecular weight excluding hydrogens is 214 g/mol. The van der Waals surface area contributed by atoms with Gasteiger partial charge in [-0.15, -0.1) is 0 Å². The van der Waals surface area contributed by atoms with Crippen LogP contribution < -0.4 is 12.4 Å². The summed E-state index contributed by atoms with van der Waals surface area (Å²) < 4.78 is 0.407. The van der Waals surface area contributed by atoms with Crippen molar-refractivity contribution in [3.63, 3.8) is 0 Å². The maximum atomic E-state index is 11.2. The minimum absolute atomic E-state index is 0. The van der Waals surface area contributed by atoms with Crippen LogP contribution in [0.1, 0.15) is 12.5 Å². The van der Waals surface area contributed by atoms with Gasteiger partial charge in [-0.3, -0.25) is 4.48 Å². The van der Waals surface area contributed by atoms with Crippen LogP contribution in [0.15, 0.2) is 30.3 Å². The average Bonchev–Trinajstić information content (AvgIpc) is 2.05. The topological polar surface area (TPSA) is 48.6 Å². The van der Waals surface area contributed by atoms with E-state index in [4.69, 9.17) is 0 Å². The quantitative estimate of drug-likeness (QED) is 0.543. The van der Waals surface area contributed by atoms with Crippen molar-refractivity contribution in [2.24, 2.45) is 0 Å². The van der Waals surface area contributed by atoms with Crippen LogP contribution in [-0.2, 0) is 11.3 Å². The Bertz CT molecular complexity index is 299. The van der Waals surface area contributed by atoms with Crippen molar-refractivity contribution in [1.29, 1.82) is 0 Å². The summed E-state index contributed by atoms with van der Waals surface area (Å²) in [7, 11) is 3.85. The maximum Gasteiger partial charge on any atom is 0.310 e. The fourth-order valence-electron chi connectivity index (χ4n) is 1.15. The van der Waals surface area contributed by atoms with Gasteiger partial charge >= 0.3 is 5.91 Å². The summed E-state index contributed by atoms with van der Waals surface area (Å²) in [6.45, 7) is 2.39. The first-order valence-electron chi connectivity index (χ1n) is 4.40. The molecule has 0 aliphatic heterocycles. The Morgan fingerprint density at radius 3 is 2.07 bits per heavy atom. The van der Waals surface area contributed by atoms with Crippen LogP contribution in [-0.4, -0.2) is 30.0 Å². The van der Waals surface area contributed by atoms with E-state index in [1.165, 1.54) is 5.56 Å². The van der Waals surface area contributed by atoms with Crippen LogP contribution in [0.25, 0.3) is 0 Å². The first-order chi connectivity index (χ1) is 6.02. The number of hydrogen-bond acceptors (Lipinski definition) is 1. The number of nitrogens with zero attached hydrogens (tertiary/aromatic N) is 1. The normalized spacial score (nSPS) is 9.80. The van der Waals surface area contributed by atoms with Gasteiger partial charge in [0.1, 0.15) is 6.54 Å². The van der Waals surface area contributed by atoms with Gasteiger partial charge in [-0.05, 0) is 0 Å². The Balaban J connectivity index is 0. The minimum atomic E-state index is 0. The standard InChI is InChI=1S/C11H16NO.ClH.H2O/c1-10(13)12(2,3)9-11-7-5-4-6-8-11;;/h4-8H,9H2,1-3H3;1H;1H2/q+1;;/p-1. The molecule has 1 aromatic carbocycles. The summed E-state index contributed by atoms with van der Waals surface area (Å²) >= 11 is 0. The number of hydrogen-bond donors (Lipinski definition) is 0. The number of carbonyl (C=O) groups is 1. The Labute approximate surface area is 97.0 Å². The number of quaternary nitrogens is 1. The second-order valence-electron chi connectivity index (χ2n) is 3.85. The summed E-state index contributed by atoms with van der Waals surface area (Å²) in [5, 5.41) is 0. The highest BCUT2D eigenvalue weighted by molar-refractivity contribution is 5.65. The van der Waals surface area contributed by atoms with E-state index >= 15 is 0 Å². The van der Waals surface area contributed by atoms with Crippen molar-refractivity contribution in [2.45, 2.75) is 13.5 Å². The van der Waals surface area contributed by atoms with Crippen LogP contribution in [0, 0.1) is 0 Å². The molecule has 0 fully saturated rings. The predicted octanol–water partition coefficient (Wildman–Crippen LogP) is -2.01. The number of carbonyl (C=O) groups excluding carboxylic acids is 1. The van der Waals surface area contributed by atoms with E-state index in [0.717, 1.165) is 6.54 Å².